The van der Waals surface area contributed by atoms with Crippen molar-refractivity contribution < 1.29 is 14.3 Å². The number of benzene rings is 2. The standard InChI is InChI=1S/C28H32N4O3/c1-5-32(6-2)15-14-29-28(34)25-18(3)30-24(26(25)19-10-8-7-9-11-19)17-22-21-16-20(35-4)12-13-23(21)31-27(22)33/h7-13,16-17,30H,5-6,14-15H2,1-4H3,(H,29,34)(H,31,33). The Bertz CT molecular complexity index is 1260. The molecule has 0 radical (unpaired) electrons. The second-order valence-corrected chi connectivity index (χ2v) is 8.49. The zero-order chi connectivity index (χ0) is 24.9. The maximum atomic E-state index is 13.3. The lowest BCUT2D eigenvalue weighted by Crippen LogP contribution is -2.35. The van der Waals surface area contributed by atoms with Crippen LogP contribution < -0.4 is 15.4 Å². The predicted octanol–water partition coefficient (Wildman–Crippen LogP) is 4.56. The summed E-state index contributed by atoms with van der Waals surface area (Å²) in [5.74, 6) is 0.350. The highest BCUT2D eigenvalue weighted by Gasteiger charge is 2.27. The number of fused-ring (bicyclic) bond motifs is 1. The van der Waals surface area contributed by atoms with E-state index in [1.165, 1.54) is 0 Å². The molecule has 7 heteroatoms. The van der Waals surface area contributed by atoms with Gasteiger partial charge in [0.2, 0.25) is 0 Å². The number of nitrogens with one attached hydrogen (secondary N) is 3. The third-order valence-corrected chi connectivity index (χ3v) is 6.41. The fourth-order valence-corrected chi connectivity index (χ4v) is 4.48. The highest BCUT2D eigenvalue weighted by atomic mass is 16.5. The summed E-state index contributed by atoms with van der Waals surface area (Å²) in [7, 11) is 1.60. The van der Waals surface area contributed by atoms with Crippen LogP contribution in [0.3, 0.4) is 0 Å². The van der Waals surface area contributed by atoms with Gasteiger partial charge in [0.25, 0.3) is 11.8 Å². The lowest BCUT2D eigenvalue weighted by atomic mass is 9.97. The zero-order valence-corrected chi connectivity index (χ0v) is 20.7. The fraction of sp³-hybridized carbons (Fsp3) is 0.286. The minimum atomic E-state index is -0.190. The third kappa shape index (κ3) is 5.00. The van der Waals surface area contributed by atoms with Gasteiger partial charge in [-0.15, -0.1) is 0 Å². The van der Waals surface area contributed by atoms with E-state index in [0.29, 0.717) is 29.1 Å². The Morgan fingerprint density at radius 2 is 1.86 bits per heavy atom. The first-order valence-electron chi connectivity index (χ1n) is 12.0. The highest BCUT2D eigenvalue weighted by molar-refractivity contribution is 6.35. The lowest BCUT2D eigenvalue weighted by molar-refractivity contribution is -0.110. The molecule has 0 saturated carbocycles. The Labute approximate surface area is 206 Å². The number of rotatable bonds is 9. The molecule has 2 aromatic carbocycles. The van der Waals surface area contributed by atoms with Crippen molar-refractivity contribution in [3.8, 4) is 16.9 Å². The Hall–Kier alpha value is -3.84. The maximum absolute atomic E-state index is 13.3. The van der Waals surface area contributed by atoms with Gasteiger partial charge < -0.3 is 25.3 Å². The molecule has 1 aromatic heterocycles. The number of nitrogens with zero attached hydrogens (tertiary/aromatic N) is 1. The second kappa shape index (κ2) is 10.6. The number of hydrogen-bond donors (Lipinski definition) is 3. The average molecular weight is 473 g/mol. The molecule has 35 heavy (non-hydrogen) atoms. The summed E-state index contributed by atoms with van der Waals surface area (Å²) in [6.07, 6.45) is 1.82. The van der Waals surface area contributed by atoms with E-state index in [0.717, 1.165) is 47.7 Å². The molecule has 3 N–H and O–H groups in total. The normalized spacial score (nSPS) is 13.7. The van der Waals surface area contributed by atoms with Crippen LogP contribution in [0.2, 0.25) is 0 Å². The number of aromatic nitrogens is 1. The van der Waals surface area contributed by atoms with Crippen molar-refractivity contribution in [2.45, 2.75) is 20.8 Å². The molecule has 0 aliphatic carbocycles. The summed E-state index contributed by atoms with van der Waals surface area (Å²) in [5, 5.41) is 5.99. The van der Waals surface area contributed by atoms with Crippen LogP contribution in [0.15, 0.2) is 48.5 Å². The van der Waals surface area contributed by atoms with Gasteiger partial charge in [-0.3, -0.25) is 9.59 Å². The van der Waals surface area contributed by atoms with Gasteiger partial charge >= 0.3 is 0 Å². The number of methoxy groups -OCH3 is 1. The molecule has 1 aliphatic rings. The van der Waals surface area contributed by atoms with Crippen molar-refractivity contribution in [3.63, 3.8) is 0 Å². The monoisotopic (exact) mass is 472 g/mol. The summed E-state index contributed by atoms with van der Waals surface area (Å²) in [4.78, 5) is 31.8. The molecule has 182 valence electrons. The Morgan fingerprint density at radius 3 is 2.54 bits per heavy atom. The van der Waals surface area contributed by atoms with Gasteiger partial charge in [-0.1, -0.05) is 44.2 Å². The number of anilines is 1. The summed E-state index contributed by atoms with van der Waals surface area (Å²) < 4.78 is 5.36. The smallest absolute Gasteiger partial charge is 0.256 e. The van der Waals surface area contributed by atoms with Crippen LogP contribution in [0, 0.1) is 6.92 Å². The first-order chi connectivity index (χ1) is 17.0. The van der Waals surface area contributed by atoms with Crippen LogP contribution in [0.1, 0.15) is 41.2 Å². The fourth-order valence-electron chi connectivity index (χ4n) is 4.48. The topological polar surface area (TPSA) is 86.5 Å². The summed E-state index contributed by atoms with van der Waals surface area (Å²) in [5.41, 5.74) is 5.76. The molecule has 4 rings (SSSR count). The number of likely N-dealkylation sites (N-methyl/N-ethyl adjacent to an activating group) is 1. The molecule has 0 unspecified atom stereocenters. The molecular formula is C28H32N4O3. The molecule has 1 aliphatic heterocycles. The number of ether oxygens (including phenoxy) is 1. The summed E-state index contributed by atoms with van der Waals surface area (Å²) in [6, 6.07) is 15.3. The van der Waals surface area contributed by atoms with Crippen LogP contribution in [-0.2, 0) is 4.79 Å². The van der Waals surface area contributed by atoms with Gasteiger partial charge in [0, 0.05) is 41.3 Å². The van der Waals surface area contributed by atoms with Gasteiger partial charge in [0.15, 0.2) is 0 Å². The maximum Gasteiger partial charge on any atom is 0.256 e. The van der Waals surface area contributed by atoms with E-state index in [9.17, 15) is 9.59 Å². The number of hydrogen-bond acceptors (Lipinski definition) is 4. The van der Waals surface area contributed by atoms with Gasteiger partial charge in [-0.05, 0) is 49.9 Å². The Kier molecular flexibility index (Phi) is 7.36. The molecule has 0 atom stereocenters. The van der Waals surface area contributed by atoms with Crippen molar-refractivity contribution in [2.75, 3.05) is 38.6 Å². The number of carbonyl (C=O) groups excluding carboxylic acids is 2. The summed E-state index contributed by atoms with van der Waals surface area (Å²) >= 11 is 0. The van der Waals surface area contributed by atoms with E-state index in [1.807, 2.05) is 61.5 Å². The van der Waals surface area contributed by atoms with Gasteiger partial charge in [-0.25, -0.2) is 0 Å². The predicted molar refractivity (Wildman–Crippen MR) is 141 cm³/mol. The number of aryl methyl sites for hydroxylation is 1. The van der Waals surface area contributed by atoms with E-state index >= 15 is 0 Å². The zero-order valence-electron chi connectivity index (χ0n) is 20.7. The first-order valence-corrected chi connectivity index (χ1v) is 12.0. The van der Waals surface area contributed by atoms with Gasteiger partial charge in [-0.2, -0.15) is 0 Å². The van der Waals surface area contributed by atoms with Gasteiger partial charge in [0.1, 0.15) is 5.75 Å². The quantitative estimate of drug-likeness (QED) is 0.399. The molecular weight excluding hydrogens is 440 g/mol. The van der Waals surface area contributed by atoms with E-state index in [-0.39, 0.29) is 11.8 Å². The Balaban J connectivity index is 1.76. The Morgan fingerprint density at radius 1 is 1.11 bits per heavy atom. The van der Waals surface area contributed by atoms with Crippen LogP contribution >= 0.6 is 0 Å². The first kappa shape index (κ1) is 24.3. The van der Waals surface area contributed by atoms with Crippen LogP contribution in [-0.4, -0.2) is 55.0 Å². The summed E-state index contributed by atoms with van der Waals surface area (Å²) in [6.45, 7) is 9.35. The number of carbonyl (C=O) groups is 2. The minimum Gasteiger partial charge on any atom is -0.497 e. The molecule has 2 amide bonds. The average Bonchev–Trinajstić information content (AvgIpc) is 3.37. The van der Waals surface area contributed by atoms with Crippen LogP contribution in [0.25, 0.3) is 22.8 Å². The molecule has 0 bridgehead atoms. The SMILES string of the molecule is CCN(CC)CCNC(=O)c1c(C)[nH]c(C=C2C(=O)Nc3ccc(OC)cc32)c1-c1ccccc1. The van der Waals surface area contributed by atoms with E-state index in [4.69, 9.17) is 4.74 Å². The lowest BCUT2D eigenvalue weighted by Gasteiger charge is -2.18. The van der Waals surface area contributed by atoms with Crippen molar-refractivity contribution in [3.05, 3.63) is 71.0 Å². The van der Waals surface area contributed by atoms with Crippen molar-refractivity contribution in [2.24, 2.45) is 0 Å². The van der Waals surface area contributed by atoms with Crippen molar-refractivity contribution in [1.82, 2.24) is 15.2 Å². The van der Waals surface area contributed by atoms with Crippen LogP contribution in [0.4, 0.5) is 5.69 Å². The number of amides is 2. The van der Waals surface area contributed by atoms with E-state index in [2.05, 4.69) is 34.4 Å². The van der Waals surface area contributed by atoms with Gasteiger partial charge in [0.05, 0.1) is 18.2 Å². The second-order valence-electron chi connectivity index (χ2n) is 8.49. The number of H-pyrrole nitrogens is 1. The molecule has 0 fully saturated rings. The van der Waals surface area contributed by atoms with Crippen molar-refractivity contribution >= 4 is 29.2 Å². The highest BCUT2D eigenvalue weighted by Crippen LogP contribution is 2.38. The van der Waals surface area contributed by atoms with Crippen molar-refractivity contribution in [1.29, 1.82) is 0 Å². The number of aromatic amines is 1. The molecule has 7 nitrogen and oxygen atoms in total. The molecule has 0 spiro atoms. The van der Waals surface area contributed by atoms with E-state index < -0.39 is 0 Å². The van der Waals surface area contributed by atoms with Crippen LogP contribution in [0.5, 0.6) is 5.75 Å². The third-order valence-electron chi connectivity index (χ3n) is 6.41. The largest absolute Gasteiger partial charge is 0.497 e. The minimum absolute atomic E-state index is 0.132. The van der Waals surface area contributed by atoms with E-state index in [1.54, 1.807) is 7.11 Å². The molecule has 3 aromatic rings. The molecule has 2 heterocycles. The molecule has 0 saturated heterocycles.